The topological polar surface area (TPSA) is 113 Å². The van der Waals surface area contributed by atoms with Crippen molar-refractivity contribution in [1.29, 1.82) is 0 Å². The van der Waals surface area contributed by atoms with Crippen LogP contribution in [0.1, 0.15) is 5.56 Å². The predicted octanol–water partition coefficient (Wildman–Crippen LogP) is 1.03. The van der Waals surface area contributed by atoms with E-state index < -0.39 is 14.9 Å². The summed E-state index contributed by atoms with van der Waals surface area (Å²) >= 11 is 5.93. The molecule has 1 saturated heterocycles. The number of carbonyl (C=O) groups is 1. The Bertz CT molecular complexity index is 797. The first-order chi connectivity index (χ1) is 11.6. The van der Waals surface area contributed by atoms with Gasteiger partial charge in [-0.25, -0.2) is 8.42 Å². The number of likely N-dealkylation sites (N-methyl/N-ethyl adjacent to an activating group) is 1. The molecule has 1 N–H and O–H groups in total. The first-order valence-electron chi connectivity index (χ1n) is 7.54. The summed E-state index contributed by atoms with van der Waals surface area (Å²) in [5, 5.41) is 14.2. The van der Waals surface area contributed by atoms with Gasteiger partial charge in [-0.1, -0.05) is 11.6 Å². The number of nitrogens with zero attached hydrogens (tertiary/aromatic N) is 3. The lowest BCUT2D eigenvalue weighted by molar-refractivity contribution is -0.385. The van der Waals surface area contributed by atoms with E-state index in [0.29, 0.717) is 26.2 Å². The third-order valence-electron chi connectivity index (χ3n) is 4.02. The van der Waals surface area contributed by atoms with Crippen molar-refractivity contribution in [2.75, 3.05) is 39.8 Å². The fourth-order valence-electron chi connectivity index (χ4n) is 2.45. The molecule has 26 heavy (non-hydrogen) atoms. The molecule has 9 nitrogen and oxygen atoms in total. The van der Waals surface area contributed by atoms with Gasteiger partial charge in [0.2, 0.25) is 15.9 Å². The van der Waals surface area contributed by atoms with Crippen molar-refractivity contribution in [2.45, 2.75) is 11.8 Å². The molecule has 1 aromatic rings. The highest BCUT2D eigenvalue weighted by molar-refractivity contribution is 7.89. The van der Waals surface area contributed by atoms with Crippen LogP contribution in [0.2, 0.25) is 5.02 Å². The third kappa shape index (κ3) is 4.83. The van der Waals surface area contributed by atoms with E-state index in [1.807, 2.05) is 0 Å². The van der Waals surface area contributed by atoms with Crippen LogP contribution < -0.4 is 5.32 Å². The van der Waals surface area contributed by atoms with E-state index in [2.05, 4.69) is 5.32 Å². The Morgan fingerprint density at radius 2 is 1.96 bits per heavy atom. The highest BCUT2D eigenvalue weighted by Gasteiger charge is 2.28. The number of sulfonamides is 1. The van der Waals surface area contributed by atoms with Crippen LogP contribution >= 0.6 is 24.0 Å². The monoisotopic (exact) mass is 426 g/mol. The standard InChI is InChI=1S/C14H19ClN4O5S.ClH/c1-10-12(15)7-11(8-13(10)19(21)22)25(23,24)17(2)9-14(20)18-5-3-16-4-6-18;/h7-8,16H,3-6,9H2,1-2H3;1H. The Morgan fingerprint density at radius 3 is 2.50 bits per heavy atom. The van der Waals surface area contributed by atoms with Gasteiger partial charge in [-0.2, -0.15) is 4.31 Å². The summed E-state index contributed by atoms with van der Waals surface area (Å²) in [4.78, 5) is 23.9. The Balaban J connectivity index is 0.00000338. The molecule has 146 valence electrons. The quantitative estimate of drug-likeness (QED) is 0.555. The average molecular weight is 427 g/mol. The van der Waals surface area contributed by atoms with Crippen molar-refractivity contribution in [1.82, 2.24) is 14.5 Å². The summed E-state index contributed by atoms with van der Waals surface area (Å²) < 4.78 is 26.2. The van der Waals surface area contributed by atoms with Crippen molar-refractivity contribution < 1.29 is 18.1 Å². The zero-order valence-electron chi connectivity index (χ0n) is 14.3. The molecular formula is C14H20Cl2N4O5S. The minimum atomic E-state index is -4.09. The number of benzene rings is 1. The molecular weight excluding hydrogens is 407 g/mol. The van der Waals surface area contributed by atoms with E-state index in [1.54, 1.807) is 4.90 Å². The molecule has 0 radical (unpaired) electrons. The number of amides is 1. The second-order valence-electron chi connectivity index (χ2n) is 5.70. The van der Waals surface area contributed by atoms with Gasteiger partial charge in [0, 0.05) is 44.9 Å². The summed E-state index contributed by atoms with van der Waals surface area (Å²) in [5.74, 6) is -0.319. The molecule has 1 amide bonds. The molecule has 0 atom stereocenters. The van der Waals surface area contributed by atoms with E-state index in [-0.39, 0.29) is 46.0 Å². The average Bonchev–Trinajstić information content (AvgIpc) is 2.57. The smallest absolute Gasteiger partial charge is 0.275 e. The van der Waals surface area contributed by atoms with Crippen LogP contribution in [-0.4, -0.2) is 68.2 Å². The second-order valence-corrected chi connectivity index (χ2v) is 8.15. The van der Waals surface area contributed by atoms with Gasteiger partial charge >= 0.3 is 0 Å². The third-order valence-corrected chi connectivity index (χ3v) is 6.20. The number of hydrogen-bond acceptors (Lipinski definition) is 6. The Labute approximate surface area is 162 Å². The lowest BCUT2D eigenvalue weighted by Gasteiger charge is -2.29. The summed E-state index contributed by atoms with van der Waals surface area (Å²) in [5.41, 5.74) is -0.196. The maximum Gasteiger partial charge on any atom is 0.275 e. The molecule has 0 bridgehead atoms. The number of piperazine rings is 1. The van der Waals surface area contributed by atoms with Crippen LogP contribution in [0.25, 0.3) is 0 Å². The van der Waals surface area contributed by atoms with Crippen LogP contribution in [0.5, 0.6) is 0 Å². The van der Waals surface area contributed by atoms with Gasteiger partial charge in [0.05, 0.1) is 21.4 Å². The zero-order valence-corrected chi connectivity index (χ0v) is 16.7. The SMILES string of the molecule is Cc1c(Cl)cc(S(=O)(=O)N(C)CC(=O)N2CCNCC2)cc1[N+](=O)[O-].Cl. The lowest BCUT2D eigenvalue weighted by Crippen LogP contribution is -2.49. The van der Waals surface area contributed by atoms with Crippen LogP contribution in [0.3, 0.4) is 0 Å². The van der Waals surface area contributed by atoms with Crippen molar-refractivity contribution in [3.63, 3.8) is 0 Å². The van der Waals surface area contributed by atoms with Gasteiger partial charge in [0.25, 0.3) is 5.69 Å². The van der Waals surface area contributed by atoms with Gasteiger partial charge < -0.3 is 10.2 Å². The Kier molecular flexibility index (Phi) is 7.78. The van der Waals surface area contributed by atoms with Crippen LogP contribution in [-0.2, 0) is 14.8 Å². The molecule has 1 aromatic carbocycles. The largest absolute Gasteiger partial charge is 0.339 e. The molecule has 1 aliphatic heterocycles. The maximum atomic E-state index is 12.7. The number of halogens is 2. The van der Waals surface area contributed by atoms with Crippen molar-refractivity contribution in [2.24, 2.45) is 0 Å². The van der Waals surface area contributed by atoms with Gasteiger partial charge in [0.1, 0.15) is 0 Å². The lowest BCUT2D eigenvalue weighted by atomic mass is 10.2. The fraction of sp³-hybridized carbons (Fsp3) is 0.500. The normalized spacial score (nSPS) is 14.8. The minimum Gasteiger partial charge on any atom is -0.339 e. The van der Waals surface area contributed by atoms with Crippen molar-refractivity contribution >= 4 is 45.6 Å². The number of nitro benzene ring substituents is 1. The van der Waals surface area contributed by atoms with Crippen LogP contribution in [0.15, 0.2) is 17.0 Å². The fourth-order valence-corrected chi connectivity index (χ4v) is 3.90. The molecule has 0 saturated carbocycles. The molecule has 1 heterocycles. The molecule has 0 aliphatic carbocycles. The summed E-state index contributed by atoms with van der Waals surface area (Å²) in [6.07, 6.45) is 0. The number of carbonyl (C=O) groups excluding carboxylic acids is 1. The second kappa shape index (κ2) is 8.96. The van der Waals surface area contributed by atoms with E-state index >= 15 is 0 Å². The Hall–Kier alpha value is -1.46. The molecule has 0 spiro atoms. The molecule has 2 rings (SSSR count). The first-order valence-corrected chi connectivity index (χ1v) is 9.35. The van der Waals surface area contributed by atoms with E-state index in [0.717, 1.165) is 16.4 Å². The van der Waals surface area contributed by atoms with E-state index in [1.165, 1.54) is 14.0 Å². The molecule has 0 aromatic heterocycles. The number of hydrogen-bond donors (Lipinski definition) is 1. The summed E-state index contributed by atoms with van der Waals surface area (Å²) in [6.45, 7) is 3.42. The minimum absolute atomic E-state index is 0. The number of nitrogens with one attached hydrogen (secondary N) is 1. The van der Waals surface area contributed by atoms with Crippen LogP contribution in [0.4, 0.5) is 5.69 Å². The van der Waals surface area contributed by atoms with Crippen LogP contribution in [0, 0.1) is 17.0 Å². The van der Waals surface area contributed by atoms with Gasteiger partial charge in [-0.05, 0) is 13.0 Å². The molecule has 1 aliphatic rings. The van der Waals surface area contributed by atoms with Gasteiger partial charge in [0.15, 0.2) is 0 Å². The predicted molar refractivity (Wildman–Crippen MR) is 99.4 cm³/mol. The van der Waals surface area contributed by atoms with Crippen molar-refractivity contribution in [3.05, 3.63) is 32.8 Å². The summed E-state index contributed by atoms with van der Waals surface area (Å²) in [6, 6.07) is 2.12. The van der Waals surface area contributed by atoms with Gasteiger partial charge in [-0.3, -0.25) is 14.9 Å². The van der Waals surface area contributed by atoms with E-state index in [9.17, 15) is 23.3 Å². The zero-order chi connectivity index (χ0) is 18.8. The molecule has 0 unspecified atom stereocenters. The number of rotatable bonds is 5. The number of nitro groups is 1. The van der Waals surface area contributed by atoms with E-state index in [4.69, 9.17) is 11.6 Å². The van der Waals surface area contributed by atoms with Crippen molar-refractivity contribution in [3.8, 4) is 0 Å². The first kappa shape index (κ1) is 22.6. The molecule has 1 fully saturated rings. The van der Waals surface area contributed by atoms with Gasteiger partial charge in [-0.15, -0.1) is 12.4 Å². The molecule has 12 heteroatoms. The highest BCUT2D eigenvalue weighted by Crippen LogP contribution is 2.30. The summed E-state index contributed by atoms with van der Waals surface area (Å²) in [7, 11) is -2.83. The maximum absolute atomic E-state index is 12.7. The Morgan fingerprint density at radius 1 is 1.38 bits per heavy atom. The highest BCUT2D eigenvalue weighted by atomic mass is 35.5.